The molecule has 0 aliphatic carbocycles. The summed E-state index contributed by atoms with van der Waals surface area (Å²) in [7, 11) is 1.98. The number of benzene rings is 1. The minimum Gasteiger partial charge on any atom is -0.305 e. The standard InChI is InChI=1S/C15H20ClN3/c1-4-8-17-15(12-6-5-7-13(16)10-12)14-9-11(2)18-19(14)3/h5-7,9-10,15,17H,4,8H2,1-3H3. The first-order valence-corrected chi connectivity index (χ1v) is 6.99. The summed E-state index contributed by atoms with van der Waals surface area (Å²) < 4.78 is 1.93. The van der Waals surface area contributed by atoms with Crippen molar-refractivity contribution < 1.29 is 0 Å². The van der Waals surface area contributed by atoms with Crippen LogP contribution in [0, 0.1) is 6.92 Å². The normalized spacial score (nSPS) is 12.6. The lowest BCUT2D eigenvalue weighted by Gasteiger charge is -2.19. The Bertz CT molecular complexity index is 548. The number of nitrogens with zero attached hydrogens (tertiary/aromatic N) is 2. The molecule has 3 nitrogen and oxygen atoms in total. The van der Waals surface area contributed by atoms with E-state index in [4.69, 9.17) is 11.6 Å². The highest BCUT2D eigenvalue weighted by molar-refractivity contribution is 6.30. The Kier molecular flexibility index (Phi) is 4.61. The molecule has 1 aromatic heterocycles. The molecule has 0 saturated heterocycles. The molecule has 2 aromatic rings. The molecule has 4 heteroatoms. The number of hydrogen-bond acceptors (Lipinski definition) is 2. The van der Waals surface area contributed by atoms with Crippen LogP contribution in [0.15, 0.2) is 30.3 Å². The van der Waals surface area contributed by atoms with Crippen LogP contribution in [0.1, 0.15) is 36.3 Å². The van der Waals surface area contributed by atoms with Crippen LogP contribution in [-0.4, -0.2) is 16.3 Å². The van der Waals surface area contributed by atoms with Gasteiger partial charge in [0.1, 0.15) is 0 Å². The second kappa shape index (κ2) is 6.22. The van der Waals surface area contributed by atoms with Crippen molar-refractivity contribution in [3.05, 3.63) is 52.3 Å². The van der Waals surface area contributed by atoms with Gasteiger partial charge in [-0.05, 0) is 43.7 Å². The summed E-state index contributed by atoms with van der Waals surface area (Å²) in [5.74, 6) is 0. The van der Waals surface area contributed by atoms with Crippen LogP contribution in [0.25, 0.3) is 0 Å². The number of halogens is 1. The molecule has 2 rings (SSSR count). The van der Waals surface area contributed by atoms with E-state index in [0.29, 0.717) is 0 Å². The molecule has 1 N–H and O–H groups in total. The van der Waals surface area contributed by atoms with Gasteiger partial charge in [0.15, 0.2) is 0 Å². The summed E-state index contributed by atoms with van der Waals surface area (Å²) in [5, 5.41) is 8.76. The van der Waals surface area contributed by atoms with Crippen molar-refractivity contribution >= 4 is 11.6 Å². The third kappa shape index (κ3) is 3.37. The Labute approximate surface area is 119 Å². The third-order valence-corrected chi connectivity index (χ3v) is 3.35. The Balaban J connectivity index is 2.38. The van der Waals surface area contributed by atoms with Crippen LogP contribution >= 0.6 is 11.6 Å². The van der Waals surface area contributed by atoms with E-state index >= 15 is 0 Å². The lowest BCUT2D eigenvalue weighted by atomic mass is 10.0. The van der Waals surface area contributed by atoms with Crippen molar-refractivity contribution in [1.29, 1.82) is 0 Å². The first-order valence-electron chi connectivity index (χ1n) is 6.61. The molecule has 0 amide bonds. The average molecular weight is 278 g/mol. The molecule has 0 aliphatic rings. The highest BCUT2D eigenvalue weighted by Gasteiger charge is 2.17. The van der Waals surface area contributed by atoms with Gasteiger partial charge in [0.2, 0.25) is 0 Å². The zero-order valence-corrected chi connectivity index (χ0v) is 12.4. The van der Waals surface area contributed by atoms with Crippen molar-refractivity contribution in [2.45, 2.75) is 26.3 Å². The fourth-order valence-corrected chi connectivity index (χ4v) is 2.47. The quantitative estimate of drug-likeness (QED) is 0.907. The fourth-order valence-electron chi connectivity index (χ4n) is 2.27. The number of aryl methyl sites for hydroxylation is 2. The SMILES string of the molecule is CCCNC(c1cccc(Cl)c1)c1cc(C)nn1C. The van der Waals surface area contributed by atoms with Gasteiger partial charge in [-0.15, -0.1) is 0 Å². The van der Waals surface area contributed by atoms with Gasteiger partial charge in [-0.2, -0.15) is 5.10 Å². The van der Waals surface area contributed by atoms with Crippen LogP contribution in [0.3, 0.4) is 0 Å². The Morgan fingerprint density at radius 1 is 1.37 bits per heavy atom. The van der Waals surface area contributed by atoms with E-state index in [1.165, 1.54) is 5.56 Å². The first-order chi connectivity index (χ1) is 9.11. The van der Waals surface area contributed by atoms with E-state index in [0.717, 1.165) is 29.4 Å². The molecule has 1 aromatic carbocycles. The minimum absolute atomic E-state index is 0.129. The van der Waals surface area contributed by atoms with Gasteiger partial charge in [-0.25, -0.2) is 0 Å². The molecule has 1 unspecified atom stereocenters. The van der Waals surface area contributed by atoms with E-state index in [1.807, 2.05) is 36.9 Å². The smallest absolute Gasteiger partial charge is 0.0748 e. The van der Waals surface area contributed by atoms with Gasteiger partial charge in [0.25, 0.3) is 0 Å². The van der Waals surface area contributed by atoms with Gasteiger partial charge in [0, 0.05) is 12.1 Å². The van der Waals surface area contributed by atoms with E-state index in [1.54, 1.807) is 0 Å². The molecule has 1 atom stereocenters. The van der Waals surface area contributed by atoms with Crippen LogP contribution in [0.2, 0.25) is 5.02 Å². The lowest BCUT2D eigenvalue weighted by molar-refractivity contribution is 0.553. The monoisotopic (exact) mass is 277 g/mol. The first kappa shape index (κ1) is 14.1. The second-order valence-electron chi connectivity index (χ2n) is 4.78. The average Bonchev–Trinajstić information content (AvgIpc) is 2.69. The molecule has 1 heterocycles. The van der Waals surface area contributed by atoms with Crippen molar-refractivity contribution in [3.63, 3.8) is 0 Å². The maximum Gasteiger partial charge on any atom is 0.0748 e. The van der Waals surface area contributed by atoms with E-state index in [-0.39, 0.29) is 6.04 Å². The minimum atomic E-state index is 0.129. The van der Waals surface area contributed by atoms with Crippen molar-refractivity contribution in [3.8, 4) is 0 Å². The topological polar surface area (TPSA) is 29.9 Å². The van der Waals surface area contributed by atoms with E-state index in [2.05, 4.69) is 29.5 Å². The highest BCUT2D eigenvalue weighted by atomic mass is 35.5. The van der Waals surface area contributed by atoms with E-state index in [9.17, 15) is 0 Å². The zero-order chi connectivity index (χ0) is 13.8. The van der Waals surface area contributed by atoms with Gasteiger partial charge < -0.3 is 5.32 Å². The summed E-state index contributed by atoms with van der Waals surface area (Å²) in [4.78, 5) is 0. The second-order valence-corrected chi connectivity index (χ2v) is 5.21. The summed E-state index contributed by atoms with van der Waals surface area (Å²) in [6, 6.07) is 10.2. The predicted octanol–water partition coefficient (Wildman–Crippen LogP) is 3.47. The van der Waals surface area contributed by atoms with Crippen LogP contribution in [-0.2, 0) is 7.05 Å². The zero-order valence-electron chi connectivity index (χ0n) is 11.7. The highest BCUT2D eigenvalue weighted by Crippen LogP contribution is 2.24. The van der Waals surface area contributed by atoms with Gasteiger partial charge in [-0.3, -0.25) is 4.68 Å². The van der Waals surface area contributed by atoms with Crippen molar-refractivity contribution in [2.75, 3.05) is 6.54 Å². The number of nitrogens with one attached hydrogen (secondary N) is 1. The summed E-state index contributed by atoms with van der Waals surface area (Å²) in [5.41, 5.74) is 3.36. The van der Waals surface area contributed by atoms with Gasteiger partial charge in [-0.1, -0.05) is 30.7 Å². The molecular formula is C15H20ClN3. The summed E-state index contributed by atoms with van der Waals surface area (Å²) in [6.07, 6.45) is 1.09. The van der Waals surface area contributed by atoms with Gasteiger partial charge >= 0.3 is 0 Å². The number of aromatic nitrogens is 2. The van der Waals surface area contributed by atoms with Gasteiger partial charge in [0.05, 0.1) is 17.4 Å². The van der Waals surface area contributed by atoms with Crippen molar-refractivity contribution in [1.82, 2.24) is 15.1 Å². The Morgan fingerprint density at radius 2 is 2.16 bits per heavy atom. The third-order valence-electron chi connectivity index (χ3n) is 3.11. The molecule has 0 saturated carbocycles. The maximum atomic E-state index is 6.11. The maximum absolute atomic E-state index is 6.11. The van der Waals surface area contributed by atoms with E-state index < -0.39 is 0 Å². The molecule has 0 spiro atoms. The molecule has 0 bridgehead atoms. The molecule has 19 heavy (non-hydrogen) atoms. The Hall–Kier alpha value is -1.32. The molecular weight excluding hydrogens is 258 g/mol. The molecule has 0 fully saturated rings. The molecule has 0 radical (unpaired) electrons. The lowest BCUT2D eigenvalue weighted by Crippen LogP contribution is -2.25. The molecule has 102 valence electrons. The van der Waals surface area contributed by atoms with Crippen LogP contribution in [0.4, 0.5) is 0 Å². The predicted molar refractivity (Wildman–Crippen MR) is 79.5 cm³/mol. The van der Waals surface area contributed by atoms with Crippen LogP contribution < -0.4 is 5.32 Å². The van der Waals surface area contributed by atoms with Crippen LogP contribution in [0.5, 0.6) is 0 Å². The van der Waals surface area contributed by atoms with Crippen molar-refractivity contribution in [2.24, 2.45) is 7.05 Å². The fraction of sp³-hybridized carbons (Fsp3) is 0.400. The largest absolute Gasteiger partial charge is 0.305 e. The summed E-state index contributed by atoms with van der Waals surface area (Å²) in [6.45, 7) is 5.14. The number of hydrogen-bond donors (Lipinski definition) is 1. The Morgan fingerprint density at radius 3 is 2.74 bits per heavy atom. The number of rotatable bonds is 5. The summed E-state index contributed by atoms with van der Waals surface area (Å²) >= 11 is 6.11. The molecule has 0 aliphatic heterocycles.